The zero-order valence-electron chi connectivity index (χ0n) is 8.56. The van der Waals surface area contributed by atoms with Gasteiger partial charge in [0.15, 0.2) is 0 Å². The molecule has 0 radical (unpaired) electrons. The van der Waals surface area contributed by atoms with Crippen LogP contribution in [0.15, 0.2) is 18.2 Å². The van der Waals surface area contributed by atoms with Crippen molar-refractivity contribution < 1.29 is 15.0 Å². The third-order valence-corrected chi connectivity index (χ3v) is 2.95. The van der Waals surface area contributed by atoms with Crippen LogP contribution in [0, 0.1) is 0 Å². The number of aromatic hydroxyl groups is 1. The number of likely N-dealkylation sites (tertiary alicyclic amines) is 1. The van der Waals surface area contributed by atoms with E-state index in [0.29, 0.717) is 25.1 Å². The summed E-state index contributed by atoms with van der Waals surface area (Å²) >= 11 is 5.72. The summed E-state index contributed by atoms with van der Waals surface area (Å²) in [5.41, 5.74) is 0.428. The summed E-state index contributed by atoms with van der Waals surface area (Å²) in [6.45, 7) is 0.913. The minimum absolute atomic E-state index is 0.0420. The van der Waals surface area contributed by atoms with Crippen LogP contribution in [0.4, 0.5) is 0 Å². The van der Waals surface area contributed by atoms with E-state index >= 15 is 0 Å². The first-order valence-corrected chi connectivity index (χ1v) is 5.41. The van der Waals surface area contributed by atoms with Gasteiger partial charge in [-0.3, -0.25) is 4.79 Å². The van der Waals surface area contributed by atoms with Gasteiger partial charge in [-0.05, 0) is 24.6 Å². The molecule has 2 rings (SSSR count). The summed E-state index contributed by atoms with van der Waals surface area (Å²) in [6, 6.07) is 4.35. The van der Waals surface area contributed by atoms with Crippen LogP contribution in [0.2, 0.25) is 5.02 Å². The molecule has 86 valence electrons. The van der Waals surface area contributed by atoms with Crippen molar-refractivity contribution in [2.24, 2.45) is 0 Å². The number of β-amino-alcohol motifs (C(OH)–C–C–N with tert-alkyl or cyclic N) is 1. The molecule has 1 heterocycles. The van der Waals surface area contributed by atoms with Crippen LogP contribution in [-0.2, 0) is 0 Å². The number of nitrogens with zero attached hydrogens (tertiary/aromatic N) is 1. The average Bonchev–Trinajstić information content (AvgIpc) is 2.68. The van der Waals surface area contributed by atoms with Crippen molar-refractivity contribution in [3.63, 3.8) is 0 Å². The van der Waals surface area contributed by atoms with E-state index in [1.165, 1.54) is 18.2 Å². The van der Waals surface area contributed by atoms with Gasteiger partial charge in [-0.2, -0.15) is 0 Å². The van der Waals surface area contributed by atoms with Crippen molar-refractivity contribution in [1.29, 1.82) is 0 Å². The molecule has 1 aliphatic rings. The Bertz CT molecular complexity index is 422. The second-order valence-electron chi connectivity index (χ2n) is 3.86. The van der Waals surface area contributed by atoms with Gasteiger partial charge in [0.2, 0.25) is 0 Å². The van der Waals surface area contributed by atoms with Gasteiger partial charge in [0.1, 0.15) is 5.75 Å². The standard InChI is InChI=1S/C11H12ClNO3/c12-9-5-7(1-2-10(9)15)11(16)13-4-3-8(14)6-13/h1-2,5,8,14-15H,3-4,6H2/t8-/m1/s1. The summed E-state index contributed by atoms with van der Waals surface area (Å²) in [5, 5.41) is 18.7. The molecule has 5 heteroatoms. The largest absolute Gasteiger partial charge is 0.506 e. The van der Waals surface area contributed by atoms with Crippen LogP contribution in [0.3, 0.4) is 0 Å². The third-order valence-electron chi connectivity index (χ3n) is 2.65. The van der Waals surface area contributed by atoms with Crippen LogP contribution in [-0.4, -0.2) is 40.2 Å². The fourth-order valence-corrected chi connectivity index (χ4v) is 1.93. The van der Waals surface area contributed by atoms with Crippen LogP contribution in [0.5, 0.6) is 5.75 Å². The number of rotatable bonds is 1. The number of halogens is 1. The maximum Gasteiger partial charge on any atom is 0.253 e. The molecule has 0 aromatic heterocycles. The highest BCUT2D eigenvalue weighted by Gasteiger charge is 2.25. The molecule has 0 aliphatic carbocycles. The Labute approximate surface area is 98.1 Å². The van der Waals surface area contributed by atoms with Crippen LogP contribution >= 0.6 is 11.6 Å². The van der Waals surface area contributed by atoms with E-state index in [9.17, 15) is 15.0 Å². The van der Waals surface area contributed by atoms with Gasteiger partial charge in [0.05, 0.1) is 11.1 Å². The Morgan fingerprint density at radius 2 is 2.25 bits per heavy atom. The number of hydrogen-bond acceptors (Lipinski definition) is 3. The van der Waals surface area contributed by atoms with Crippen molar-refractivity contribution >= 4 is 17.5 Å². The summed E-state index contributed by atoms with van der Waals surface area (Å²) < 4.78 is 0. The van der Waals surface area contributed by atoms with Gasteiger partial charge in [-0.25, -0.2) is 0 Å². The van der Waals surface area contributed by atoms with Crippen molar-refractivity contribution in [2.75, 3.05) is 13.1 Å². The molecule has 1 aromatic rings. The van der Waals surface area contributed by atoms with Gasteiger partial charge in [0, 0.05) is 18.7 Å². The maximum absolute atomic E-state index is 11.9. The van der Waals surface area contributed by atoms with E-state index in [-0.39, 0.29) is 16.7 Å². The Morgan fingerprint density at radius 3 is 2.81 bits per heavy atom. The molecule has 0 saturated carbocycles. The second kappa shape index (κ2) is 4.31. The molecule has 0 spiro atoms. The number of hydrogen-bond donors (Lipinski definition) is 2. The third kappa shape index (κ3) is 2.13. The maximum atomic E-state index is 11.9. The number of aliphatic hydroxyl groups excluding tert-OH is 1. The quantitative estimate of drug-likeness (QED) is 0.778. The zero-order valence-corrected chi connectivity index (χ0v) is 9.31. The summed E-state index contributed by atoms with van der Waals surface area (Å²) in [6.07, 6.45) is 0.175. The van der Waals surface area contributed by atoms with Crippen molar-refractivity contribution in [2.45, 2.75) is 12.5 Å². The predicted octanol–water partition coefficient (Wildman–Crippen LogP) is 1.25. The highest BCUT2D eigenvalue weighted by Crippen LogP contribution is 2.25. The Kier molecular flexibility index (Phi) is 3.03. The molecular formula is C11H12ClNO3. The van der Waals surface area contributed by atoms with Crippen LogP contribution < -0.4 is 0 Å². The van der Waals surface area contributed by atoms with E-state index < -0.39 is 6.10 Å². The minimum Gasteiger partial charge on any atom is -0.506 e. The molecule has 4 nitrogen and oxygen atoms in total. The first kappa shape index (κ1) is 11.2. The lowest BCUT2D eigenvalue weighted by atomic mass is 10.2. The van der Waals surface area contributed by atoms with Gasteiger partial charge >= 0.3 is 0 Å². The van der Waals surface area contributed by atoms with Crippen molar-refractivity contribution in [3.05, 3.63) is 28.8 Å². The predicted molar refractivity (Wildman–Crippen MR) is 59.6 cm³/mol. The fourth-order valence-electron chi connectivity index (χ4n) is 1.75. The monoisotopic (exact) mass is 241 g/mol. The van der Waals surface area contributed by atoms with Gasteiger partial charge in [-0.15, -0.1) is 0 Å². The SMILES string of the molecule is O=C(c1ccc(O)c(Cl)c1)N1CC[C@@H](O)C1. The lowest BCUT2D eigenvalue weighted by Crippen LogP contribution is -2.29. The number of amides is 1. The van der Waals surface area contributed by atoms with Crippen LogP contribution in [0.1, 0.15) is 16.8 Å². The number of phenolic OH excluding ortho intramolecular Hbond substituents is 1. The first-order valence-electron chi connectivity index (χ1n) is 5.04. The molecule has 1 fully saturated rings. The number of aliphatic hydroxyl groups is 1. The van der Waals surface area contributed by atoms with Crippen LogP contribution in [0.25, 0.3) is 0 Å². The summed E-state index contributed by atoms with van der Waals surface area (Å²) in [7, 11) is 0. The molecule has 16 heavy (non-hydrogen) atoms. The number of benzene rings is 1. The minimum atomic E-state index is -0.434. The van der Waals surface area contributed by atoms with Gasteiger partial charge in [0.25, 0.3) is 5.91 Å². The fraction of sp³-hybridized carbons (Fsp3) is 0.364. The van der Waals surface area contributed by atoms with E-state index in [1.807, 2.05) is 0 Å². The molecule has 1 aliphatic heterocycles. The smallest absolute Gasteiger partial charge is 0.253 e. The lowest BCUT2D eigenvalue weighted by Gasteiger charge is -2.15. The summed E-state index contributed by atoms with van der Waals surface area (Å²) in [5.74, 6) is -0.210. The number of carbonyl (C=O) groups is 1. The van der Waals surface area contributed by atoms with E-state index in [1.54, 1.807) is 4.90 Å². The molecule has 1 amide bonds. The molecule has 1 aromatic carbocycles. The Morgan fingerprint density at radius 1 is 1.50 bits per heavy atom. The highest BCUT2D eigenvalue weighted by atomic mass is 35.5. The zero-order chi connectivity index (χ0) is 11.7. The van der Waals surface area contributed by atoms with E-state index in [0.717, 1.165) is 0 Å². The normalized spacial score (nSPS) is 20.1. The number of carbonyl (C=O) groups excluding carboxylic acids is 1. The summed E-state index contributed by atoms with van der Waals surface area (Å²) in [4.78, 5) is 13.5. The molecule has 1 atom stereocenters. The second-order valence-corrected chi connectivity index (χ2v) is 4.27. The topological polar surface area (TPSA) is 60.8 Å². The Balaban J connectivity index is 2.18. The van der Waals surface area contributed by atoms with Crippen molar-refractivity contribution in [3.8, 4) is 5.75 Å². The van der Waals surface area contributed by atoms with E-state index in [4.69, 9.17) is 11.6 Å². The van der Waals surface area contributed by atoms with Gasteiger partial charge < -0.3 is 15.1 Å². The molecule has 1 saturated heterocycles. The van der Waals surface area contributed by atoms with Gasteiger partial charge in [-0.1, -0.05) is 11.6 Å². The molecule has 0 bridgehead atoms. The molecular weight excluding hydrogens is 230 g/mol. The highest BCUT2D eigenvalue weighted by molar-refractivity contribution is 6.32. The Hall–Kier alpha value is -1.26. The van der Waals surface area contributed by atoms with Crippen molar-refractivity contribution in [1.82, 2.24) is 4.90 Å². The lowest BCUT2D eigenvalue weighted by molar-refractivity contribution is 0.0765. The average molecular weight is 242 g/mol. The first-order chi connectivity index (χ1) is 7.58. The molecule has 2 N–H and O–H groups in total. The van der Waals surface area contributed by atoms with E-state index in [2.05, 4.69) is 0 Å². The number of phenols is 1. The molecule has 0 unspecified atom stereocenters.